The maximum absolute atomic E-state index is 8.21. The first-order chi connectivity index (χ1) is 5.31. The molecule has 1 atom stereocenters. The van der Waals surface area contributed by atoms with E-state index >= 15 is 0 Å². The molecule has 0 spiro atoms. The van der Waals surface area contributed by atoms with E-state index in [1.54, 1.807) is 14.0 Å². The van der Waals surface area contributed by atoms with Gasteiger partial charge in [-0.1, -0.05) is 0 Å². The van der Waals surface area contributed by atoms with Crippen LogP contribution >= 0.6 is 0 Å². The SMILES string of the molecule is C1=NCCO1.COC(C)CO. The molecular formula is C7H15NO3. The summed E-state index contributed by atoms with van der Waals surface area (Å²) in [6, 6.07) is 0. The van der Waals surface area contributed by atoms with Crippen LogP contribution in [-0.4, -0.2) is 44.5 Å². The maximum Gasteiger partial charge on any atom is 0.169 e. The smallest absolute Gasteiger partial charge is 0.169 e. The number of hydrogen-bond donors (Lipinski definition) is 1. The van der Waals surface area contributed by atoms with Gasteiger partial charge in [-0.2, -0.15) is 0 Å². The van der Waals surface area contributed by atoms with E-state index in [0.29, 0.717) is 0 Å². The summed E-state index contributed by atoms with van der Waals surface area (Å²) < 4.78 is 9.30. The summed E-state index contributed by atoms with van der Waals surface area (Å²) in [6.07, 6.45) is 1.48. The number of ether oxygens (including phenoxy) is 2. The van der Waals surface area contributed by atoms with Gasteiger partial charge in [-0.15, -0.1) is 0 Å². The van der Waals surface area contributed by atoms with Crippen molar-refractivity contribution in [2.24, 2.45) is 4.99 Å². The van der Waals surface area contributed by atoms with Crippen LogP contribution < -0.4 is 0 Å². The van der Waals surface area contributed by atoms with Gasteiger partial charge in [-0.05, 0) is 6.92 Å². The number of aliphatic imine (C=N–C) groups is 1. The van der Waals surface area contributed by atoms with Gasteiger partial charge in [0.15, 0.2) is 6.40 Å². The Kier molecular flexibility index (Phi) is 7.08. The highest BCUT2D eigenvalue weighted by molar-refractivity contribution is 5.47. The Labute approximate surface area is 66.8 Å². The summed E-state index contributed by atoms with van der Waals surface area (Å²) in [4.78, 5) is 3.74. The van der Waals surface area contributed by atoms with Gasteiger partial charge in [0, 0.05) is 7.11 Å². The minimum absolute atomic E-state index is 0.00926. The molecule has 0 bridgehead atoms. The molecule has 0 aromatic rings. The molecule has 1 aliphatic heterocycles. The van der Waals surface area contributed by atoms with Crippen molar-refractivity contribution in [2.75, 3.05) is 26.9 Å². The van der Waals surface area contributed by atoms with Crippen molar-refractivity contribution >= 4 is 6.40 Å². The zero-order valence-corrected chi connectivity index (χ0v) is 6.99. The molecule has 4 heteroatoms. The highest BCUT2D eigenvalue weighted by atomic mass is 16.5. The van der Waals surface area contributed by atoms with Gasteiger partial charge in [0.1, 0.15) is 6.61 Å². The largest absolute Gasteiger partial charge is 0.482 e. The number of methoxy groups -OCH3 is 1. The van der Waals surface area contributed by atoms with Gasteiger partial charge in [0.25, 0.3) is 0 Å². The quantitative estimate of drug-likeness (QED) is 0.623. The molecular weight excluding hydrogens is 146 g/mol. The molecule has 1 N–H and O–H groups in total. The minimum atomic E-state index is -0.00926. The molecule has 1 rings (SSSR count). The molecule has 1 aliphatic rings. The highest BCUT2D eigenvalue weighted by Gasteiger charge is 1.90. The van der Waals surface area contributed by atoms with Gasteiger partial charge in [0.05, 0.1) is 19.3 Å². The molecule has 0 saturated heterocycles. The van der Waals surface area contributed by atoms with Crippen molar-refractivity contribution in [1.82, 2.24) is 0 Å². The number of aliphatic hydroxyl groups excluding tert-OH is 1. The molecule has 0 aromatic heterocycles. The summed E-state index contributed by atoms with van der Waals surface area (Å²) in [6.45, 7) is 3.54. The van der Waals surface area contributed by atoms with Gasteiger partial charge in [-0.25, -0.2) is 0 Å². The normalized spacial score (nSPS) is 16.6. The number of nitrogens with zero attached hydrogens (tertiary/aromatic N) is 1. The van der Waals surface area contributed by atoms with Crippen molar-refractivity contribution in [3.63, 3.8) is 0 Å². The predicted molar refractivity (Wildman–Crippen MR) is 42.9 cm³/mol. The van der Waals surface area contributed by atoms with Crippen molar-refractivity contribution in [1.29, 1.82) is 0 Å². The average Bonchev–Trinajstić information content (AvgIpc) is 2.60. The average molecular weight is 161 g/mol. The maximum atomic E-state index is 8.21. The second-order valence-electron chi connectivity index (χ2n) is 2.11. The third kappa shape index (κ3) is 7.29. The van der Waals surface area contributed by atoms with Crippen LogP contribution in [0.3, 0.4) is 0 Å². The van der Waals surface area contributed by atoms with Crippen LogP contribution in [-0.2, 0) is 9.47 Å². The van der Waals surface area contributed by atoms with E-state index in [1.807, 2.05) is 0 Å². The van der Waals surface area contributed by atoms with Crippen molar-refractivity contribution in [2.45, 2.75) is 13.0 Å². The van der Waals surface area contributed by atoms with Crippen LogP contribution in [0.15, 0.2) is 4.99 Å². The predicted octanol–water partition coefficient (Wildman–Crippen LogP) is 0.0585. The number of hydrogen-bond acceptors (Lipinski definition) is 4. The minimum Gasteiger partial charge on any atom is -0.482 e. The molecule has 0 amide bonds. The van der Waals surface area contributed by atoms with E-state index in [-0.39, 0.29) is 12.7 Å². The van der Waals surface area contributed by atoms with Crippen molar-refractivity contribution in [3.8, 4) is 0 Å². The number of aliphatic hydroxyl groups is 1. The Morgan fingerprint density at radius 3 is 2.64 bits per heavy atom. The first-order valence-corrected chi connectivity index (χ1v) is 3.54. The lowest BCUT2D eigenvalue weighted by Crippen LogP contribution is -2.08. The summed E-state index contributed by atoms with van der Waals surface area (Å²) in [5, 5.41) is 8.21. The van der Waals surface area contributed by atoms with E-state index in [9.17, 15) is 0 Å². The van der Waals surface area contributed by atoms with Crippen molar-refractivity contribution in [3.05, 3.63) is 0 Å². The van der Waals surface area contributed by atoms with E-state index in [0.717, 1.165) is 13.2 Å². The zero-order valence-electron chi connectivity index (χ0n) is 6.99. The summed E-state index contributed by atoms with van der Waals surface area (Å²) in [5.41, 5.74) is 0. The fourth-order valence-corrected chi connectivity index (χ4v) is 0.338. The Morgan fingerprint density at radius 2 is 2.55 bits per heavy atom. The molecule has 66 valence electrons. The van der Waals surface area contributed by atoms with Crippen LogP contribution in [0.25, 0.3) is 0 Å². The fraction of sp³-hybridized carbons (Fsp3) is 0.857. The highest BCUT2D eigenvalue weighted by Crippen LogP contribution is 1.80. The van der Waals surface area contributed by atoms with Gasteiger partial charge < -0.3 is 14.6 Å². The second kappa shape index (κ2) is 7.50. The van der Waals surface area contributed by atoms with Gasteiger partial charge in [0.2, 0.25) is 0 Å². The van der Waals surface area contributed by atoms with Gasteiger partial charge in [-0.3, -0.25) is 4.99 Å². The molecule has 0 saturated carbocycles. The third-order valence-corrected chi connectivity index (χ3v) is 1.15. The lowest BCUT2D eigenvalue weighted by Gasteiger charge is -2.00. The monoisotopic (exact) mass is 161 g/mol. The summed E-state index contributed by atoms with van der Waals surface area (Å²) in [7, 11) is 1.57. The summed E-state index contributed by atoms with van der Waals surface area (Å²) >= 11 is 0. The molecule has 1 unspecified atom stereocenters. The standard InChI is InChI=1S/C4H10O2.C3H5NO/c1-4(3-5)6-2;1-2-5-3-4-1/h4-5H,3H2,1-2H3;3H,1-2H2. The molecule has 0 aromatic carbocycles. The Balaban J connectivity index is 0.000000183. The topological polar surface area (TPSA) is 51.0 Å². The molecule has 0 radical (unpaired) electrons. The Hall–Kier alpha value is -0.610. The summed E-state index contributed by atoms with van der Waals surface area (Å²) in [5.74, 6) is 0. The molecule has 4 nitrogen and oxygen atoms in total. The fourth-order valence-electron chi connectivity index (χ4n) is 0.338. The molecule has 11 heavy (non-hydrogen) atoms. The lowest BCUT2D eigenvalue weighted by molar-refractivity contribution is 0.0623. The first kappa shape index (κ1) is 10.4. The van der Waals surface area contributed by atoms with E-state index in [2.05, 4.69) is 14.5 Å². The second-order valence-corrected chi connectivity index (χ2v) is 2.11. The number of rotatable bonds is 2. The Bertz CT molecular complexity index is 95.9. The first-order valence-electron chi connectivity index (χ1n) is 3.54. The Morgan fingerprint density at radius 1 is 1.82 bits per heavy atom. The van der Waals surface area contributed by atoms with Crippen molar-refractivity contribution < 1.29 is 14.6 Å². The molecule has 0 aliphatic carbocycles. The van der Waals surface area contributed by atoms with Gasteiger partial charge >= 0.3 is 0 Å². The van der Waals surface area contributed by atoms with E-state index < -0.39 is 0 Å². The van der Waals surface area contributed by atoms with Crippen LogP contribution in [0.4, 0.5) is 0 Å². The van der Waals surface area contributed by atoms with E-state index in [4.69, 9.17) is 5.11 Å². The zero-order chi connectivity index (χ0) is 8.53. The molecule has 0 fully saturated rings. The van der Waals surface area contributed by atoms with E-state index in [1.165, 1.54) is 6.40 Å². The van der Waals surface area contributed by atoms with Crippen LogP contribution in [0.1, 0.15) is 6.92 Å². The van der Waals surface area contributed by atoms with Crippen LogP contribution in [0, 0.1) is 0 Å². The third-order valence-electron chi connectivity index (χ3n) is 1.15. The molecule has 1 heterocycles. The lowest BCUT2D eigenvalue weighted by atomic mass is 10.4. The van der Waals surface area contributed by atoms with Crippen LogP contribution in [0.2, 0.25) is 0 Å². The van der Waals surface area contributed by atoms with Crippen LogP contribution in [0.5, 0.6) is 0 Å².